The number of hydrogen-bond donors (Lipinski definition) is 1. The number of aliphatic carboxylic acids is 1. The van der Waals surface area contributed by atoms with Crippen LogP contribution in [0, 0.1) is 0 Å². The van der Waals surface area contributed by atoms with Crippen LogP contribution in [-0.2, 0) is 19.6 Å². The van der Waals surface area contributed by atoms with E-state index in [1.807, 2.05) is 0 Å². The lowest BCUT2D eigenvalue weighted by Crippen LogP contribution is -2.36. The van der Waals surface area contributed by atoms with E-state index in [0.29, 0.717) is 6.42 Å². The molecule has 1 aromatic heterocycles. The van der Waals surface area contributed by atoms with Crippen LogP contribution in [0.1, 0.15) is 30.8 Å². The standard InChI is InChI=1S/C12H17NO7S/c1-3-7-13(8-10(14)15)21(17,18)11-6-5-9(20-11)12(16)19-4-2/h5-6H,3-4,7-8H2,1-2H3,(H,14,15). The van der Waals surface area contributed by atoms with Gasteiger partial charge in [-0.15, -0.1) is 0 Å². The topological polar surface area (TPSA) is 114 Å². The van der Waals surface area contributed by atoms with E-state index in [0.717, 1.165) is 10.4 Å². The van der Waals surface area contributed by atoms with Crippen LogP contribution in [0.5, 0.6) is 0 Å². The summed E-state index contributed by atoms with van der Waals surface area (Å²) in [7, 11) is -4.11. The van der Waals surface area contributed by atoms with Gasteiger partial charge < -0.3 is 14.3 Å². The first-order chi connectivity index (χ1) is 9.82. The number of carbonyl (C=O) groups excluding carboxylic acids is 1. The van der Waals surface area contributed by atoms with Gasteiger partial charge in [0.1, 0.15) is 6.54 Å². The van der Waals surface area contributed by atoms with Crippen molar-refractivity contribution in [1.82, 2.24) is 4.31 Å². The van der Waals surface area contributed by atoms with Gasteiger partial charge in [0.2, 0.25) is 10.9 Å². The number of hydrogen-bond acceptors (Lipinski definition) is 6. The van der Waals surface area contributed by atoms with E-state index in [9.17, 15) is 18.0 Å². The number of furan rings is 1. The molecule has 21 heavy (non-hydrogen) atoms. The van der Waals surface area contributed by atoms with Crippen LogP contribution in [0.4, 0.5) is 0 Å². The Bertz CT molecular complexity index is 605. The third kappa shape index (κ3) is 4.30. The molecule has 0 radical (unpaired) electrons. The molecule has 9 heteroatoms. The second-order valence-electron chi connectivity index (χ2n) is 4.07. The maximum Gasteiger partial charge on any atom is 0.374 e. The Morgan fingerprint density at radius 1 is 1.33 bits per heavy atom. The summed E-state index contributed by atoms with van der Waals surface area (Å²) in [4.78, 5) is 22.2. The Morgan fingerprint density at radius 3 is 2.52 bits per heavy atom. The van der Waals surface area contributed by atoms with Crippen LogP contribution in [0.25, 0.3) is 0 Å². The average molecular weight is 319 g/mol. The predicted octanol–water partition coefficient (Wildman–Crippen LogP) is 0.942. The molecular formula is C12H17NO7S. The molecule has 0 spiro atoms. The zero-order valence-electron chi connectivity index (χ0n) is 11.7. The summed E-state index contributed by atoms with van der Waals surface area (Å²) >= 11 is 0. The van der Waals surface area contributed by atoms with Crippen molar-refractivity contribution in [2.24, 2.45) is 0 Å². The van der Waals surface area contributed by atoms with Crippen molar-refractivity contribution in [2.45, 2.75) is 25.4 Å². The van der Waals surface area contributed by atoms with Gasteiger partial charge in [-0.3, -0.25) is 4.79 Å². The molecule has 0 aliphatic rings. The second-order valence-corrected chi connectivity index (χ2v) is 5.94. The van der Waals surface area contributed by atoms with Crippen molar-refractivity contribution in [3.05, 3.63) is 17.9 Å². The minimum atomic E-state index is -4.11. The van der Waals surface area contributed by atoms with Crippen molar-refractivity contribution in [3.8, 4) is 0 Å². The molecule has 0 saturated heterocycles. The predicted molar refractivity (Wildman–Crippen MR) is 71.4 cm³/mol. The molecule has 0 bridgehead atoms. The minimum Gasteiger partial charge on any atom is -0.480 e. The molecule has 0 saturated carbocycles. The Hall–Kier alpha value is -1.87. The highest BCUT2D eigenvalue weighted by molar-refractivity contribution is 7.89. The van der Waals surface area contributed by atoms with Gasteiger partial charge in [0.25, 0.3) is 10.0 Å². The van der Waals surface area contributed by atoms with Gasteiger partial charge in [-0.25, -0.2) is 13.2 Å². The summed E-state index contributed by atoms with van der Waals surface area (Å²) in [5.41, 5.74) is 0. The van der Waals surface area contributed by atoms with Gasteiger partial charge in [0.05, 0.1) is 6.61 Å². The summed E-state index contributed by atoms with van der Waals surface area (Å²) in [6, 6.07) is 2.28. The maximum absolute atomic E-state index is 12.3. The normalized spacial score (nSPS) is 11.6. The van der Waals surface area contributed by atoms with Gasteiger partial charge in [-0.1, -0.05) is 6.92 Å². The van der Waals surface area contributed by atoms with Crippen LogP contribution in [0.2, 0.25) is 0 Å². The smallest absolute Gasteiger partial charge is 0.374 e. The van der Waals surface area contributed by atoms with Crippen LogP contribution >= 0.6 is 0 Å². The number of esters is 1. The summed E-state index contributed by atoms with van der Waals surface area (Å²) in [5.74, 6) is -2.30. The molecule has 0 fully saturated rings. The van der Waals surface area contributed by atoms with Crippen molar-refractivity contribution < 1.29 is 32.3 Å². The van der Waals surface area contributed by atoms with E-state index in [4.69, 9.17) is 14.3 Å². The molecule has 0 atom stereocenters. The number of carboxylic acids is 1. The Balaban J connectivity index is 3.05. The molecule has 0 unspecified atom stereocenters. The Morgan fingerprint density at radius 2 is 2.00 bits per heavy atom. The highest BCUT2D eigenvalue weighted by atomic mass is 32.2. The van der Waals surface area contributed by atoms with Crippen LogP contribution in [0.15, 0.2) is 21.6 Å². The number of sulfonamides is 1. The summed E-state index contributed by atoms with van der Waals surface area (Å²) in [6.45, 7) is 2.81. The summed E-state index contributed by atoms with van der Waals surface area (Å²) in [5, 5.41) is 8.29. The van der Waals surface area contributed by atoms with E-state index in [1.165, 1.54) is 6.07 Å². The quantitative estimate of drug-likeness (QED) is 0.709. The van der Waals surface area contributed by atoms with Crippen LogP contribution < -0.4 is 0 Å². The molecule has 0 aliphatic heterocycles. The molecule has 8 nitrogen and oxygen atoms in total. The summed E-state index contributed by atoms with van der Waals surface area (Å²) in [6.07, 6.45) is 0.442. The number of rotatable bonds is 8. The van der Waals surface area contributed by atoms with E-state index in [2.05, 4.69) is 0 Å². The molecule has 1 aromatic rings. The zero-order chi connectivity index (χ0) is 16.0. The van der Waals surface area contributed by atoms with Gasteiger partial charge >= 0.3 is 11.9 Å². The zero-order valence-corrected chi connectivity index (χ0v) is 12.6. The third-order valence-electron chi connectivity index (χ3n) is 2.44. The molecule has 0 aliphatic carbocycles. The van der Waals surface area contributed by atoms with Gasteiger partial charge in [0.15, 0.2) is 0 Å². The summed E-state index contributed by atoms with van der Waals surface area (Å²) < 4.78 is 35.0. The van der Waals surface area contributed by atoms with Gasteiger partial charge in [-0.05, 0) is 25.5 Å². The van der Waals surface area contributed by atoms with Gasteiger partial charge in [0, 0.05) is 6.54 Å². The number of nitrogens with zero attached hydrogens (tertiary/aromatic N) is 1. The maximum atomic E-state index is 12.3. The molecule has 118 valence electrons. The van der Waals surface area contributed by atoms with E-state index in [1.54, 1.807) is 13.8 Å². The fourth-order valence-electron chi connectivity index (χ4n) is 1.58. The largest absolute Gasteiger partial charge is 0.480 e. The Kier molecular flexibility index (Phi) is 5.91. The molecule has 1 heterocycles. The van der Waals surface area contributed by atoms with Crippen molar-refractivity contribution in [3.63, 3.8) is 0 Å². The number of carboxylic acid groups (broad SMARTS) is 1. The van der Waals surface area contributed by atoms with Crippen LogP contribution in [-0.4, -0.2) is 49.5 Å². The third-order valence-corrected chi connectivity index (χ3v) is 4.16. The molecule has 0 amide bonds. The van der Waals surface area contributed by atoms with E-state index < -0.39 is 33.6 Å². The minimum absolute atomic E-state index is 0.0318. The molecule has 0 aromatic carbocycles. The molecule has 1 N–H and O–H groups in total. The first kappa shape index (κ1) is 17.2. The molecule has 1 rings (SSSR count). The number of carbonyl (C=O) groups is 2. The lowest BCUT2D eigenvalue weighted by molar-refractivity contribution is -0.137. The second kappa shape index (κ2) is 7.23. The fraction of sp³-hybridized carbons (Fsp3) is 0.500. The van der Waals surface area contributed by atoms with Crippen molar-refractivity contribution in [2.75, 3.05) is 19.7 Å². The monoisotopic (exact) mass is 319 g/mol. The average Bonchev–Trinajstić information content (AvgIpc) is 2.88. The van der Waals surface area contributed by atoms with Crippen molar-refractivity contribution in [1.29, 1.82) is 0 Å². The SMILES string of the molecule is CCCN(CC(=O)O)S(=O)(=O)c1ccc(C(=O)OCC)o1. The van der Waals surface area contributed by atoms with E-state index >= 15 is 0 Å². The first-order valence-electron chi connectivity index (χ1n) is 6.31. The lowest BCUT2D eigenvalue weighted by Gasteiger charge is -2.17. The Labute approximate surface area is 122 Å². The lowest BCUT2D eigenvalue weighted by atomic mass is 10.5. The van der Waals surface area contributed by atoms with Crippen molar-refractivity contribution >= 4 is 22.0 Å². The fourth-order valence-corrected chi connectivity index (χ4v) is 2.98. The van der Waals surface area contributed by atoms with Crippen LogP contribution in [0.3, 0.4) is 0 Å². The molecular weight excluding hydrogens is 302 g/mol. The van der Waals surface area contributed by atoms with E-state index in [-0.39, 0.29) is 18.9 Å². The van der Waals surface area contributed by atoms with Gasteiger partial charge in [-0.2, -0.15) is 4.31 Å². The number of ether oxygens (including phenoxy) is 1. The highest BCUT2D eigenvalue weighted by Gasteiger charge is 2.30. The highest BCUT2D eigenvalue weighted by Crippen LogP contribution is 2.19. The first-order valence-corrected chi connectivity index (χ1v) is 7.75.